The van der Waals surface area contributed by atoms with Crippen LogP contribution < -0.4 is 19.7 Å². The molecule has 1 aromatic rings. The van der Waals surface area contributed by atoms with Gasteiger partial charge in [-0.25, -0.2) is 0 Å². The Morgan fingerprint density at radius 2 is 2.00 bits per heavy atom. The Hall–Kier alpha value is -1.46. The molecule has 0 aliphatic carbocycles. The molecule has 0 amide bonds. The van der Waals surface area contributed by atoms with Crippen LogP contribution in [0.3, 0.4) is 0 Å². The van der Waals surface area contributed by atoms with Gasteiger partial charge in [0.05, 0.1) is 19.4 Å². The van der Waals surface area contributed by atoms with E-state index in [0.717, 1.165) is 62.9 Å². The van der Waals surface area contributed by atoms with Crippen molar-refractivity contribution < 1.29 is 9.47 Å². The van der Waals surface area contributed by atoms with E-state index < -0.39 is 0 Å². The van der Waals surface area contributed by atoms with Crippen molar-refractivity contribution in [2.45, 2.75) is 6.42 Å². The molecule has 0 unspecified atom stereocenters. The summed E-state index contributed by atoms with van der Waals surface area (Å²) in [6.07, 6.45) is 1.03. The average molecular weight is 293 g/mol. The van der Waals surface area contributed by atoms with Crippen LogP contribution in [0.4, 0.5) is 5.69 Å². The van der Waals surface area contributed by atoms with Gasteiger partial charge in [-0.15, -0.1) is 0 Å². The van der Waals surface area contributed by atoms with Gasteiger partial charge in [0.1, 0.15) is 11.5 Å². The summed E-state index contributed by atoms with van der Waals surface area (Å²) in [5, 5.41) is 3.38. The lowest BCUT2D eigenvalue weighted by Crippen LogP contribution is -2.43. The van der Waals surface area contributed by atoms with E-state index in [9.17, 15) is 0 Å². The smallest absolute Gasteiger partial charge is 0.142 e. The Kier molecular flexibility index (Phi) is 6.14. The van der Waals surface area contributed by atoms with Crippen LogP contribution >= 0.6 is 0 Å². The number of rotatable bonds is 7. The van der Waals surface area contributed by atoms with Gasteiger partial charge >= 0.3 is 0 Å². The Morgan fingerprint density at radius 1 is 1.24 bits per heavy atom. The normalized spacial score (nSPS) is 15.3. The van der Waals surface area contributed by atoms with Gasteiger partial charge in [0.2, 0.25) is 0 Å². The zero-order valence-electron chi connectivity index (χ0n) is 13.4. The number of methoxy groups -OCH3 is 1. The highest BCUT2D eigenvalue weighted by Gasteiger charge is 2.16. The summed E-state index contributed by atoms with van der Waals surface area (Å²) < 4.78 is 11.3. The summed E-state index contributed by atoms with van der Waals surface area (Å²) in [7, 11) is 5.87. The molecule has 2 rings (SSSR count). The first-order chi connectivity index (χ1) is 10.2. The number of anilines is 1. The lowest BCUT2D eigenvalue weighted by Gasteiger charge is -2.31. The van der Waals surface area contributed by atoms with Crippen LogP contribution in [-0.2, 0) is 0 Å². The molecule has 1 aliphatic heterocycles. The summed E-state index contributed by atoms with van der Waals surface area (Å²) in [5.41, 5.74) is 1.14. The number of benzene rings is 1. The summed E-state index contributed by atoms with van der Waals surface area (Å²) in [5.74, 6) is 1.83. The highest BCUT2D eigenvalue weighted by molar-refractivity contribution is 5.62. The topological polar surface area (TPSA) is 37.0 Å². The molecule has 1 aromatic carbocycles. The van der Waals surface area contributed by atoms with Crippen LogP contribution in [0.1, 0.15) is 6.42 Å². The van der Waals surface area contributed by atoms with Crippen molar-refractivity contribution in [2.24, 2.45) is 0 Å². The average Bonchev–Trinajstić information content (AvgIpc) is 2.52. The lowest BCUT2D eigenvalue weighted by atomic mass is 10.2. The summed E-state index contributed by atoms with van der Waals surface area (Å²) in [6, 6.07) is 6.06. The Labute approximate surface area is 127 Å². The minimum Gasteiger partial charge on any atom is -0.497 e. The van der Waals surface area contributed by atoms with Gasteiger partial charge in [-0.05, 0) is 32.6 Å². The molecule has 1 fully saturated rings. The Bertz CT molecular complexity index is 432. The summed E-state index contributed by atoms with van der Waals surface area (Å²) in [6.45, 7) is 5.81. The van der Waals surface area contributed by atoms with Gasteiger partial charge in [0, 0.05) is 38.8 Å². The third kappa shape index (κ3) is 4.79. The van der Waals surface area contributed by atoms with Crippen molar-refractivity contribution in [3.05, 3.63) is 18.2 Å². The molecule has 5 nitrogen and oxygen atoms in total. The molecule has 1 aliphatic rings. The quantitative estimate of drug-likeness (QED) is 0.770. The fraction of sp³-hybridized carbons (Fsp3) is 0.625. The van der Waals surface area contributed by atoms with Crippen LogP contribution in [0.2, 0.25) is 0 Å². The third-order valence-corrected chi connectivity index (χ3v) is 3.63. The number of hydrogen-bond acceptors (Lipinski definition) is 5. The highest BCUT2D eigenvalue weighted by Crippen LogP contribution is 2.32. The molecule has 1 heterocycles. The van der Waals surface area contributed by atoms with Gasteiger partial charge in [-0.2, -0.15) is 0 Å². The first-order valence-electron chi connectivity index (χ1n) is 7.62. The molecular formula is C16H27N3O2. The van der Waals surface area contributed by atoms with Gasteiger partial charge in [0.15, 0.2) is 0 Å². The van der Waals surface area contributed by atoms with Crippen LogP contribution in [0, 0.1) is 0 Å². The number of ether oxygens (including phenoxy) is 2. The van der Waals surface area contributed by atoms with Crippen molar-refractivity contribution >= 4 is 5.69 Å². The predicted octanol–water partition coefficient (Wildman–Crippen LogP) is 1.44. The molecule has 0 radical (unpaired) electrons. The van der Waals surface area contributed by atoms with Gasteiger partial charge in [-0.3, -0.25) is 0 Å². The van der Waals surface area contributed by atoms with Crippen LogP contribution in [0.5, 0.6) is 11.5 Å². The van der Waals surface area contributed by atoms with E-state index in [2.05, 4.69) is 35.3 Å². The first-order valence-corrected chi connectivity index (χ1v) is 7.62. The standard InChI is InChI=1S/C16H27N3O2/c1-18(2)9-4-12-21-16-6-5-14(20-3)13-15(16)19-10-7-17-8-11-19/h5-6,13,17H,4,7-12H2,1-3H3. The second-order valence-electron chi connectivity index (χ2n) is 5.58. The van der Waals surface area contributed by atoms with E-state index in [1.807, 2.05) is 12.1 Å². The van der Waals surface area contributed by atoms with E-state index in [4.69, 9.17) is 9.47 Å². The van der Waals surface area contributed by atoms with Crippen molar-refractivity contribution in [1.29, 1.82) is 0 Å². The fourth-order valence-corrected chi connectivity index (χ4v) is 2.46. The molecule has 0 aromatic heterocycles. The van der Waals surface area contributed by atoms with Gasteiger partial charge < -0.3 is 24.6 Å². The summed E-state index contributed by atoms with van der Waals surface area (Å²) in [4.78, 5) is 4.54. The van der Waals surface area contributed by atoms with Crippen LogP contribution in [0.15, 0.2) is 18.2 Å². The van der Waals surface area contributed by atoms with Crippen molar-refractivity contribution in [3.63, 3.8) is 0 Å². The maximum Gasteiger partial charge on any atom is 0.142 e. The maximum absolute atomic E-state index is 6.00. The van der Waals surface area contributed by atoms with E-state index in [-0.39, 0.29) is 0 Å². The van der Waals surface area contributed by atoms with Gasteiger partial charge in [0.25, 0.3) is 0 Å². The first kappa shape index (κ1) is 15.9. The van der Waals surface area contributed by atoms with Crippen molar-refractivity contribution in [1.82, 2.24) is 10.2 Å². The van der Waals surface area contributed by atoms with Crippen molar-refractivity contribution in [2.75, 3.05) is 65.4 Å². The monoisotopic (exact) mass is 293 g/mol. The minimum atomic E-state index is 0.740. The molecule has 0 spiro atoms. The fourth-order valence-electron chi connectivity index (χ4n) is 2.46. The highest BCUT2D eigenvalue weighted by atomic mass is 16.5. The summed E-state index contributed by atoms with van der Waals surface area (Å²) >= 11 is 0. The molecule has 0 atom stereocenters. The molecule has 1 N–H and O–H groups in total. The van der Waals surface area contributed by atoms with Gasteiger partial charge in [-0.1, -0.05) is 0 Å². The molecular weight excluding hydrogens is 266 g/mol. The maximum atomic E-state index is 6.00. The lowest BCUT2D eigenvalue weighted by molar-refractivity contribution is 0.281. The van der Waals surface area contributed by atoms with E-state index in [1.165, 1.54) is 0 Å². The second-order valence-corrected chi connectivity index (χ2v) is 5.58. The molecule has 1 saturated heterocycles. The predicted molar refractivity (Wildman–Crippen MR) is 86.7 cm³/mol. The van der Waals surface area contributed by atoms with E-state index >= 15 is 0 Å². The zero-order chi connectivity index (χ0) is 15.1. The number of piperazine rings is 1. The number of nitrogens with zero attached hydrogens (tertiary/aromatic N) is 2. The Balaban J connectivity index is 2.03. The molecule has 118 valence electrons. The van der Waals surface area contributed by atoms with Crippen molar-refractivity contribution in [3.8, 4) is 11.5 Å². The van der Waals surface area contributed by atoms with Crippen LogP contribution in [0.25, 0.3) is 0 Å². The molecule has 21 heavy (non-hydrogen) atoms. The minimum absolute atomic E-state index is 0.740. The molecule has 5 heteroatoms. The van der Waals surface area contributed by atoms with E-state index in [1.54, 1.807) is 7.11 Å². The third-order valence-electron chi connectivity index (χ3n) is 3.63. The largest absolute Gasteiger partial charge is 0.497 e. The molecule has 0 saturated carbocycles. The zero-order valence-corrected chi connectivity index (χ0v) is 13.4. The molecule has 0 bridgehead atoms. The Morgan fingerprint density at radius 3 is 2.67 bits per heavy atom. The number of nitrogens with one attached hydrogen (secondary N) is 1. The SMILES string of the molecule is COc1ccc(OCCCN(C)C)c(N2CCNCC2)c1. The van der Waals surface area contributed by atoms with Crippen LogP contribution in [-0.4, -0.2) is 65.4 Å². The second kappa shape index (κ2) is 8.10. The number of hydrogen-bond donors (Lipinski definition) is 1. The van der Waals surface area contributed by atoms with E-state index in [0.29, 0.717) is 0 Å².